The van der Waals surface area contributed by atoms with E-state index in [0.717, 1.165) is 29.2 Å². The molecule has 1 aromatic heterocycles. The molecular weight excluding hydrogens is 367 g/mol. The minimum Gasteiger partial charge on any atom is -0.343 e. The molecule has 0 N–H and O–H groups in total. The van der Waals surface area contributed by atoms with Crippen LogP contribution in [0.15, 0.2) is 66.9 Å². The standard InChI is InChI=1S/C21H18F3N3O/c1-14-8-6-7-11-17(14)27-18-12-15(21(22,23)24)13-25-19(18)26(20(27)28-2)16-9-4-3-5-10-16/h3-13,20H,1-2H3. The van der Waals surface area contributed by atoms with Gasteiger partial charge in [0.15, 0.2) is 5.82 Å². The lowest BCUT2D eigenvalue weighted by molar-refractivity contribution is -0.137. The third kappa shape index (κ3) is 2.97. The molecule has 0 bridgehead atoms. The van der Waals surface area contributed by atoms with Crippen molar-refractivity contribution in [3.05, 3.63) is 78.0 Å². The van der Waals surface area contributed by atoms with Crippen LogP contribution in [0.4, 0.5) is 36.1 Å². The van der Waals surface area contributed by atoms with Gasteiger partial charge in [0, 0.05) is 24.7 Å². The van der Waals surface area contributed by atoms with E-state index >= 15 is 0 Å². The van der Waals surface area contributed by atoms with Crippen LogP contribution in [0.3, 0.4) is 0 Å². The Labute approximate surface area is 160 Å². The second kappa shape index (κ2) is 6.83. The van der Waals surface area contributed by atoms with Crippen LogP contribution in [0.2, 0.25) is 0 Å². The summed E-state index contributed by atoms with van der Waals surface area (Å²) < 4.78 is 45.8. The van der Waals surface area contributed by atoms with Gasteiger partial charge in [0.2, 0.25) is 6.35 Å². The zero-order valence-electron chi connectivity index (χ0n) is 15.3. The first-order chi connectivity index (χ1) is 13.4. The van der Waals surface area contributed by atoms with Gasteiger partial charge in [0.1, 0.15) is 0 Å². The van der Waals surface area contributed by atoms with Crippen molar-refractivity contribution < 1.29 is 17.9 Å². The number of hydrogen-bond acceptors (Lipinski definition) is 4. The van der Waals surface area contributed by atoms with Gasteiger partial charge in [0.05, 0.1) is 11.3 Å². The molecule has 0 fully saturated rings. The monoisotopic (exact) mass is 385 g/mol. The van der Waals surface area contributed by atoms with E-state index in [2.05, 4.69) is 4.98 Å². The maximum Gasteiger partial charge on any atom is 0.417 e. The van der Waals surface area contributed by atoms with E-state index in [4.69, 9.17) is 4.74 Å². The summed E-state index contributed by atoms with van der Waals surface area (Å²) >= 11 is 0. The minimum atomic E-state index is -4.48. The average Bonchev–Trinajstić information content (AvgIpc) is 3.01. The van der Waals surface area contributed by atoms with E-state index in [-0.39, 0.29) is 0 Å². The lowest BCUT2D eigenvalue weighted by Crippen LogP contribution is -2.40. The molecule has 0 amide bonds. The lowest BCUT2D eigenvalue weighted by atomic mass is 10.1. The second-order valence-corrected chi connectivity index (χ2v) is 6.49. The molecule has 144 valence electrons. The summed E-state index contributed by atoms with van der Waals surface area (Å²) in [7, 11) is 1.53. The first-order valence-corrected chi connectivity index (χ1v) is 8.71. The average molecular weight is 385 g/mol. The minimum absolute atomic E-state index is 0.347. The Bertz CT molecular complexity index is 992. The van der Waals surface area contributed by atoms with Crippen molar-refractivity contribution in [1.29, 1.82) is 0 Å². The molecule has 1 unspecified atom stereocenters. The molecule has 0 saturated carbocycles. The fraction of sp³-hybridized carbons (Fsp3) is 0.190. The van der Waals surface area contributed by atoms with Gasteiger partial charge in [-0.05, 0) is 36.8 Å². The van der Waals surface area contributed by atoms with E-state index in [1.54, 1.807) is 9.80 Å². The van der Waals surface area contributed by atoms with Crippen molar-refractivity contribution in [2.24, 2.45) is 0 Å². The number of ether oxygens (including phenoxy) is 1. The first kappa shape index (κ1) is 18.3. The summed E-state index contributed by atoms with van der Waals surface area (Å²) in [5.74, 6) is 0.411. The summed E-state index contributed by atoms with van der Waals surface area (Å²) in [6.07, 6.45) is -4.29. The van der Waals surface area contributed by atoms with Crippen LogP contribution in [0.25, 0.3) is 0 Å². The number of alkyl halides is 3. The van der Waals surface area contributed by atoms with Crippen molar-refractivity contribution in [3.63, 3.8) is 0 Å². The summed E-state index contributed by atoms with van der Waals surface area (Å²) in [6, 6.07) is 18.0. The number of aromatic nitrogens is 1. The van der Waals surface area contributed by atoms with Gasteiger partial charge in [-0.25, -0.2) is 4.98 Å². The Balaban J connectivity index is 1.96. The highest BCUT2D eigenvalue weighted by Gasteiger charge is 2.42. The number of halogens is 3. The van der Waals surface area contributed by atoms with Crippen LogP contribution >= 0.6 is 0 Å². The third-order valence-corrected chi connectivity index (χ3v) is 4.72. The van der Waals surface area contributed by atoms with Crippen LogP contribution in [0, 0.1) is 6.92 Å². The van der Waals surface area contributed by atoms with Crippen molar-refractivity contribution in [3.8, 4) is 0 Å². The molecule has 2 heterocycles. The fourth-order valence-electron chi connectivity index (χ4n) is 3.43. The molecule has 3 aromatic rings. The van der Waals surface area contributed by atoms with Gasteiger partial charge in [-0.2, -0.15) is 13.2 Å². The molecule has 4 rings (SSSR count). The zero-order chi connectivity index (χ0) is 19.9. The fourth-order valence-corrected chi connectivity index (χ4v) is 3.43. The topological polar surface area (TPSA) is 28.6 Å². The number of aryl methyl sites for hydroxylation is 1. The highest BCUT2D eigenvalue weighted by atomic mass is 19.4. The molecule has 1 aliphatic rings. The number of anilines is 4. The van der Waals surface area contributed by atoms with E-state index in [9.17, 15) is 13.2 Å². The van der Waals surface area contributed by atoms with Crippen molar-refractivity contribution in [1.82, 2.24) is 4.98 Å². The Morgan fingerprint density at radius 2 is 1.61 bits per heavy atom. The molecule has 28 heavy (non-hydrogen) atoms. The maximum atomic E-state index is 13.4. The normalized spacial score (nSPS) is 16.4. The van der Waals surface area contributed by atoms with Gasteiger partial charge >= 0.3 is 6.18 Å². The molecule has 7 heteroatoms. The number of pyridine rings is 1. The number of nitrogens with zero attached hydrogens (tertiary/aromatic N) is 3. The largest absolute Gasteiger partial charge is 0.417 e. The van der Waals surface area contributed by atoms with Crippen LogP contribution in [0.1, 0.15) is 11.1 Å². The molecule has 2 aromatic carbocycles. The Morgan fingerprint density at radius 3 is 2.25 bits per heavy atom. The predicted molar refractivity (Wildman–Crippen MR) is 102 cm³/mol. The third-order valence-electron chi connectivity index (χ3n) is 4.72. The summed E-state index contributed by atoms with van der Waals surface area (Å²) in [5, 5.41) is 0. The van der Waals surface area contributed by atoms with Crippen molar-refractivity contribution in [2.75, 3.05) is 16.9 Å². The number of hydrogen-bond donors (Lipinski definition) is 0. The van der Waals surface area contributed by atoms with Crippen LogP contribution in [0.5, 0.6) is 0 Å². The molecular formula is C21H18F3N3O. The number of rotatable bonds is 3. The first-order valence-electron chi connectivity index (χ1n) is 8.71. The van der Waals surface area contributed by atoms with Crippen LogP contribution < -0.4 is 9.80 Å². The summed E-state index contributed by atoms with van der Waals surface area (Å²) in [4.78, 5) is 7.71. The lowest BCUT2D eigenvalue weighted by Gasteiger charge is -2.31. The van der Waals surface area contributed by atoms with Crippen LogP contribution in [-0.4, -0.2) is 18.4 Å². The summed E-state index contributed by atoms with van der Waals surface area (Å²) in [6.45, 7) is 1.91. The van der Waals surface area contributed by atoms with Gasteiger partial charge in [-0.3, -0.25) is 9.80 Å². The molecule has 0 spiro atoms. The zero-order valence-corrected chi connectivity index (χ0v) is 15.3. The smallest absolute Gasteiger partial charge is 0.343 e. The number of benzene rings is 2. The number of methoxy groups -OCH3 is 1. The molecule has 4 nitrogen and oxygen atoms in total. The Kier molecular flexibility index (Phi) is 4.47. The van der Waals surface area contributed by atoms with Crippen molar-refractivity contribution >= 4 is 22.9 Å². The van der Waals surface area contributed by atoms with Gasteiger partial charge in [-0.1, -0.05) is 36.4 Å². The summed E-state index contributed by atoms with van der Waals surface area (Å²) in [5.41, 5.74) is 2.01. The van der Waals surface area contributed by atoms with E-state index in [1.165, 1.54) is 7.11 Å². The highest BCUT2D eigenvalue weighted by Crippen LogP contribution is 2.48. The Morgan fingerprint density at radius 1 is 0.929 bits per heavy atom. The van der Waals surface area contributed by atoms with Gasteiger partial charge in [0.25, 0.3) is 0 Å². The van der Waals surface area contributed by atoms with Crippen LogP contribution in [-0.2, 0) is 10.9 Å². The number of para-hydroxylation sites is 2. The van der Waals surface area contributed by atoms with E-state index < -0.39 is 18.1 Å². The predicted octanol–water partition coefficient (Wildman–Crippen LogP) is 5.63. The Hall–Kier alpha value is -3.06. The van der Waals surface area contributed by atoms with Gasteiger partial charge < -0.3 is 4.74 Å². The van der Waals surface area contributed by atoms with Gasteiger partial charge in [-0.15, -0.1) is 0 Å². The van der Waals surface area contributed by atoms with E-state index in [1.807, 2.05) is 61.5 Å². The molecule has 1 atom stereocenters. The van der Waals surface area contributed by atoms with Crippen molar-refractivity contribution in [2.45, 2.75) is 19.5 Å². The molecule has 0 radical (unpaired) electrons. The number of fused-ring (bicyclic) bond motifs is 1. The molecule has 0 saturated heterocycles. The second-order valence-electron chi connectivity index (χ2n) is 6.49. The SMILES string of the molecule is COC1N(c2ccccc2C)c2cc(C(F)(F)F)cnc2N1c1ccccc1. The van der Waals surface area contributed by atoms with E-state index in [0.29, 0.717) is 11.5 Å². The molecule has 1 aliphatic heterocycles. The molecule has 0 aliphatic carbocycles. The maximum absolute atomic E-state index is 13.4. The quantitative estimate of drug-likeness (QED) is 0.584. The highest BCUT2D eigenvalue weighted by molar-refractivity contribution is 5.86.